The summed E-state index contributed by atoms with van der Waals surface area (Å²) in [5.74, 6) is 0. The first kappa shape index (κ1) is 13.1. The van der Waals surface area contributed by atoms with E-state index in [2.05, 4.69) is 35.5 Å². The predicted octanol–water partition coefficient (Wildman–Crippen LogP) is 1.95. The highest BCUT2D eigenvalue weighted by molar-refractivity contribution is 5.07. The van der Waals surface area contributed by atoms with Crippen molar-refractivity contribution in [1.29, 1.82) is 0 Å². The molecular formula is C13H23N3. The summed E-state index contributed by atoms with van der Waals surface area (Å²) in [5.41, 5.74) is 1.25. The lowest BCUT2D eigenvalue weighted by Crippen LogP contribution is -2.28. The summed E-state index contributed by atoms with van der Waals surface area (Å²) < 4.78 is 0. The van der Waals surface area contributed by atoms with Crippen LogP contribution in [-0.2, 0) is 6.54 Å². The number of nitrogens with zero attached hydrogens (tertiary/aromatic N) is 1. The smallest absolute Gasteiger partial charge is 0.0312 e. The fourth-order valence-electron chi connectivity index (χ4n) is 1.44. The topological polar surface area (TPSA) is 37.0 Å². The van der Waals surface area contributed by atoms with Gasteiger partial charge in [0.25, 0.3) is 0 Å². The van der Waals surface area contributed by atoms with E-state index >= 15 is 0 Å². The van der Waals surface area contributed by atoms with Crippen LogP contribution in [0.15, 0.2) is 24.5 Å². The summed E-state index contributed by atoms with van der Waals surface area (Å²) in [5, 5.41) is 6.89. The van der Waals surface area contributed by atoms with Crippen molar-refractivity contribution in [3.05, 3.63) is 30.1 Å². The average Bonchev–Trinajstić information content (AvgIpc) is 2.34. The van der Waals surface area contributed by atoms with Crippen molar-refractivity contribution in [2.75, 3.05) is 13.1 Å². The van der Waals surface area contributed by atoms with Gasteiger partial charge in [-0.1, -0.05) is 13.0 Å². The van der Waals surface area contributed by atoms with E-state index < -0.39 is 0 Å². The molecule has 0 saturated heterocycles. The van der Waals surface area contributed by atoms with Crippen LogP contribution in [0.1, 0.15) is 32.3 Å². The van der Waals surface area contributed by atoms with Crippen LogP contribution in [0.25, 0.3) is 0 Å². The van der Waals surface area contributed by atoms with E-state index in [1.54, 1.807) is 6.20 Å². The zero-order chi connectivity index (χ0) is 11.6. The molecule has 0 fully saturated rings. The molecule has 1 aromatic heterocycles. The highest BCUT2D eigenvalue weighted by Gasteiger charge is 1.96. The van der Waals surface area contributed by atoms with Crippen molar-refractivity contribution in [2.24, 2.45) is 0 Å². The van der Waals surface area contributed by atoms with E-state index in [9.17, 15) is 0 Å². The highest BCUT2D eigenvalue weighted by Crippen LogP contribution is 1.94. The number of rotatable bonds is 8. The Labute approximate surface area is 98.7 Å². The molecule has 0 radical (unpaired) electrons. The number of nitrogens with one attached hydrogen (secondary N) is 2. The van der Waals surface area contributed by atoms with Crippen LogP contribution in [0.5, 0.6) is 0 Å². The van der Waals surface area contributed by atoms with E-state index in [-0.39, 0.29) is 0 Å². The standard InChI is InChI=1S/C13H23N3/c1-3-12(2)16-9-5-8-15-11-13-6-4-7-14-10-13/h4,6-7,10,12,15-16H,3,5,8-9,11H2,1-2H3. The SMILES string of the molecule is CCC(C)NCCCNCc1cccnc1. The van der Waals surface area contributed by atoms with Crippen molar-refractivity contribution in [3.8, 4) is 0 Å². The summed E-state index contributed by atoms with van der Waals surface area (Å²) in [6.07, 6.45) is 6.08. The van der Waals surface area contributed by atoms with Crippen molar-refractivity contribution >= 4 is 0 Å². The normalized spacial score (nSPS) is 12.6. The minimum atomic E-state index is 0.637. The zero-order valence-corrected chi connectivity index (χ0v) is 10.4. The molecule has 0 aliphatic heterocycles. The predicted molar refractivity (Wildman–Crippen MR) is 68.3 cm³/mol. The van der Waals surface area contributed by atoms with Gasteiger partial charge >= 0.3 is 0 Å². The van der Waals surface area contributed by atoms with Crippen LogP contribution in [0.4, 0.5) is 0 Å². The summed E-state index contributed by atoms with van der Waals surface area (Å²) in [6.45, 7) is 7.49. The molecule has 1 heterocycles. The van der Waals surface area contributed by atoms with Crippen LogP contribution >= 0.6 is 0 Å². The van der Waals surface area contributed by atoms with Gasteiger partial charge in [-0.3, -0.25) is 4.98 Å². The Hall–Kier alpha value is -0.930. The third kappa shape index (κ3) is 5.83. The molecule has 3 nitrogen and oxygen atoms in total. The Kier molecular flexibility index (Phi) is 6.77. The molecule has 1 unspecified atom stereocenters. The summed E-state index contributed by atoms with van der Waals surface area (Å²) in [4.78, 5) is 4.08. The molecule has 0 aromatic carbocycles. The van der Waals surface area contributed by atoms with Crippen molar-refractivity contribution in [2.45, 2.75) is 39.3 Å². The number of aromatic nitrogens is 1. The Morgan fingerprint density at radius 3 is 2.94 bits per heavy atom. The first-order valence-electron chi connectivity index (χ1n) is 6.16. The molecule has 90 valence electrons. The lowest BCUT2D eigenvalue weighted by atomic mass is 10.2. The highest BCUT2D eigenvalue weighted by atomic mass is 14.9. The van der Waals surface area contributed by atoms with Gasteiger partial charge in [-0.05, 0) is 44.5 Å². The zero-order valence-electron chi connectivity index (χ0n) is 10.4. The van der Waals surface area contributed by atoms with E-state index in [0.29, 0.717) is 6.04 Å². The number of pyridine rings is 1. The molecule has 1 aromatic rings. The minimum Gasteiger partial charge on any atom is -0.314 e. The third-order valence-electron chi connectivity index (χ3n) is 2.69. The molecule has 0 spiro atoms. The summed E-state index contributed by atoms with van der Waals surface area (Å²) in [7, 11) is 0. The first-order valence-corrected chi connectivity index (χ1v) is 6.16. The van der Waals surface area contributed by atoms with Gasteiger partial charge in [0, 0.05) is 25.0 Å². The fourth-order valence-corrected chi connectivity index (χ4v) is 1.44. The molecule has 3 heteroatoms. The molecule has 16 heavy (non-hydrogen) atoms. The van der Waals surface area contributed by atoms with Crippen LogP contribution < -0.4 is 10.6 Å². The monoisotopic (exact) mass is 221 g/mol. The Morgan fingerprint density at radius 1 is 1.38 bits per heavy atom. The second-order valence-corrected chi connectivity index (χ2v) is 4.16. The fraction of sp³-hybridized carbons (Fsp3) is 0.615. The summed E-state index contributed by atoms with van der Waals surface area (Å²) in [6, 6.07) is 4.71. The Balaban J connectivity index is 1.96. The molecule has 0 bridgehead atoms. The Bertz CT molecular complexity index is 261. The third-order valence-corrected chi connectivity index (χ3v) is 2.69. The Morgan fingerprint density at radius 2 is 2.25 bits per heavy atom. The van der Waals surface area contributed by atoms with Crippen LogP contribution in [0.3, 0.4) is 0 Å². The van der Waals surface area contributed by atoms with Gasteiger partial charge < -0.3 is 10.6 Å². The maximum absolute atomic E-state index is 4.08. The molecule has 1 rings (SSSR count). The lowest BCUT2D eigenvalue weighted by Gasteiger charge is -2.11. The molecule has 2 N–H and O–H groups in total. The van der Waals surface area contributed by atoms with Gasteiger partial charge in [-0.2, -0.15) is 0 Å². The van der Waals surface area contributed by atoms with E-state index in [0.717, 1.165) is 19.6 Å². The van der Waals surface area contributed by atoms with Gasteiger partial charge in [0.05, 0.1) is 0 Å². The largest absolute Gasteiger partial charge is 0.314 e. The van der Waals surface area contributed by atoms with Gasteiger partial charge in [-0.15, -0.1) is 0 Å². The average molecular weight is 221 g/mol. The maximum Gasteiger partial charge on any atom is 0.0312 e. The number of hydrogen-bond donors (Lipinski definition) is 2. The first-order chi connectivity index (χ1) is 7.83. The van der Waals surface area contributed by atoms with Crippen LogP contribution in [-0.4, -0.2) is 24.1 Å². The van der Waals surface area contributed by atoms with Crippen molar-refractivity contribution in [3.63, 3.8) is 0 Å². The molecule has 0 amide bonds. The van der Waals surface area contributed by atoms with E-state index in [1.165, 1.54) is 18.4 Å². The van der Waals surface area contributed by atoms with Crippen molar-refractivity contribution < 1.29 is 0 Å². The minimum absolute atomic E-state index is 0.637. The van der Waals surface area contributed by atoms with E-state index in [4.69, 9.17) is 0 Å². The molecule has 0 aliphatic carbocycles. The molecular weight excluding hydrogens is 198 g/mol. The van der Waals surface area contributed by atoms with Crippen LogP contribution in [0.2, 0.25) is 0 Å². The molecule has 0 aliphatic rings. The summed E-state index contributed by atoms with van der Waals surface area (Å²) >= 11 is 0. The van der Waals surface area contributed by atoms with E-state index in [1.807, 2.05) is 12.3 Å². The quantitative estimate of drug-likeness (QED) is 0.659. The van der Waals surface area contributed by atoms with Gasteiger partial charge in [0.15, 0.2) is 0 Å². The second kappa shape index (κ2) is 8.25. The lowest BCUT2D eigenvalue weighted by molar-refractivity contribution is 0.511. The van der Waals surface area contributed by atoms with Crippen molar-refractivity contribution in [1.82, 2.24) is 15.6 Å². The van der Waals surface area contributed by atoms with Gasteiger partial charge in [0.1, 0.15) is 0 Å². The van der Waals surface area contributed by atoms with Gasteiger partial charge in [-0.25, -0.2) is 0 Å². The number of hydrogen-bond acceptors (Lipinski definition) is 3. The second-order valence-electron chi connectivity index (χ2n) is 4.16. The van der Waals surface area contributed by atoms with Crippen LogP contribution in [0, 0.1) is 0 Å². The van der Waals surface area contributed by atoms with Gasteiger partial charge in [0.2, 0.25) is 0 Å². The maximum atomic E-state index is 4.08. The molecule has 1 atom stereocenters. The molecule has 0 saturated carbocycles.